The summed E-state index contributed by atoms with van der Waals surface area (Å²) in [4.78, 5) is 11.5. The number of ether oxygens (including phenoxy) is 1. The van der Waals surface area contributed by atoms with E-state index in [2.05, 4.69) is 5.32 Å². The van der Waals surface area contributed by atoms with Gasteiger partial charge in [0.25, 0.3) is 0 Å². The van der Waals surface area contributed by atoms with Crippen LogP contribution in [0, 0.1) is 0 Å². The van der Waals surface area contributed by atoms with Crippen molar-refractivity contribution < 1.29 is 30.0 Å². The summed E-state index contributed by atoms with van der Waals surface area (Å²) in [5.41, 5.74) is -0.728. The largest absolute Gasteiger partial charge is 0.444 e. The smallest absolute Gasteiger partial charge is 0.408 e. The fourth-order valence-electron chi connectivity index (χ4n) is 1.27. The fraction of sp³-hybridized carbons (Fsp3) is 0.909. The lowest BCUT2D eigenvalue weighted by Crippen LogP contribution is -2.56. The molecule has 0 saturated heterocycles. The molecule has 0 aromatic heterocycles. The van der Waals surface area contributed by atoms with Crippen molar-refractivity contribution in [2.24, 2.45) is 0 Å². The topological polar surface area (TPSA) is 119 Å². The van der Waals surface area contributed by atoms with Gasteiger partial charge in [-0.3, -0.25) is 0 Å². The van der Waals surface area contributed by atoms with Gasteiger partial charge in [0.05, 0.1) is 24.9 Å². The van der Waals surface area contributed by atoms with Gasteiger partial charge in [-0.05, 0) is 27.7 Å². The van der Waals surface area contributed by atoms with Crippen LogP contribution in [0.1, 0.15) is 27.7 Å². The molecule has 0 saturated carbocycles. The average molecular weight is 265 g/mol. The Bertz CT molecular complexity index is 263. The first-order chi connectivity index (χ1) is 8.08. The van der Waals surface area contributed by atoms with Crippen LogP contribution in [0.5, 0.6) is 0 Å². The van der Waals surface area contributed by atoms with Gasteiger partial charge in [-0.25, -0.2) is 4.79 Å². The number of aliphatic hydroxyl groups is 4. The summed E-state index contributed by atoms with van der Waals surface area (Å²) < 4.78 is 4.96. The van der Waals surface area contributed by atoms with E-state index in [0.29, 0.717) is 0 Å². The van der Waals surface area contributed by atoms with Crippen LogP contribution in [0.3, 0.4) is 0 Å². The highest BCUT2D eigenvalue weighted by Gasteiger charge is 2.32. The third kappa shape index (κ3) is 6.15. The van der Waals surface area contributed by atoms with Crippen molar-refractivity contribution in [1.29, 1.82) is 0 Å². The standard InChI is InChI=1S/C11H23NO6/c1-6(14)9(16)8(7(15)5-13)12-10(17)18-11(2,3)4/h6-9,13-16H,5H2,1-4H3,(H,12,17)/t6-,7+,8-,9+/m0/s1. The zero-order chi connectivity index (χ0) is 14.5. The number of alkyl carbamates (subject to hydrolysis) is 1. The first kappa shape index (κ1) is 17.1. The summed E-state index contributed by atoms with van der Waals surface area (Å²) in [6, 6.07) is -1.22. The van der Waals surface area contributed by atoms with Crippen LogP contribution in [-0.2, 0) is 4.74 Å². The summed E-state index contributed by atoms with van der Waals surface area (Å²) in [5.74, 6) is 0. The molecule has 0 aromatic rings. The second kappa shape index (κ2) is 6.89. The minimum absolute atomic E-state index is 0.662. The molecule has 7 heteroatoms. The molecule has 0 aliphatic carbocycles. The van der Waals surface area contributed by atoms with Crippen molar-refractivity contribution in [2.75, 3.05) is 6.61 Å². The Morgan fingerprint density at radius 1 is 1.28 bits per heavy atom. The van der Waals surface area contributed by atoms with E-state index in [1.807, 2.05) is 0 Å². The van der Waals surface area contributed by atoms with Gasteiger partial charge >= 0.3 is 6.09 Å². The maximum atomic E-state index is 11.5. The minimum Gasteiger partial charge on any atom is -0.444 e. The van der Waals surface area contributed by atoms with E-state index in [1.54, 1.807) is 20.8 Å². The van der Waals surface area contributed by atoms with Crippen LogP contribution in [0.25, 0.3) is 0 Å². The Morgan fingerprint density at radius 3 is 2.11 bits per heavy atom. The first-order valence-electron chi connectivity index (χ1n) is 5.73. The highest BCUT2D eigenvalue weighted by Crippen LogP contribution is 2.09. The van der Waals surface area contributed by atoms with Crippen molar-refractivity contribution >= 4 is 6.09 Å². The average Bonchev–Trinajstić information content (AvgIpc) is 2.21. The molecular formula is C11H23NO6. The van der Waals surface area contributed by atoms with Gasteiger partial charge in [-0.2, -0.15) is 0 Å². The number of aliphatic hydroxyl groups excluding tert-OH is 4. The van der Waals surface area contributed by atoms with Crippen LogP contribution in [0.15, 0.2) is 0 Å². The monoisotopic (exact) mass is 265 g/mol. The van der Waals surface area contributed by atoms with E-state index in [0.717, 1.165) is 0 Å². The number of carbonyl (C=O) groups is 1. The molecule has 1 amide bonds. The first-order valence-corrected chi connectivity index (χ1v) is 5.73. The summed E-state index contributed by atoms with van der Waals surface area (Å²) >= 11 is 0. The van der Waals surface area contributed by atoms with Crippen molar-refractivity contribution in [2.45, 2.75) is 57.6 Å². The van der Waals surface area contributed by atoms with Crippen molar-refractivity contribution in [1.82, 2.24) is 5.32 Å². The SMILES string of the molecule is C[C@H](O)[C@@H](O)[C@@H](NC(=O)OC(C)(C)C)[C@H](O)CO. The molecule has 4 atom stereocenters. The molecule has 7 nitrogen and oxygen atoms in total. The molecule has 0 aromatic carbocycles. The highest BCUT2D eigenvalue weighted by molar-refractivity contribution is 5.68. The van der Waals surface area contributed by atoms with E-state index in [9.17, 15) is 20.1 Å². The van der Waals surface area contributed by atoms with Gasteiger partial charge in [0.15, 0.2) is 0 Å². The van der Waals surface area contributed by atoms with Gasteiger partial charge in [-0.15, -0.1) is 0 Å². The van der Waals surface area contributed by atoms with Crippen molar-refractivity contribution in [3.8, 4) is 0 Å². The van der Waals surface area contributed by atoms with Crippen molar-refractivity contribution in [3.63, 3.8) is 0 Å². The van der Waals surface area contributed by atoms with Crippen LogP contribution in [-0.4, -0.2) is 63.1 Å². The van der Waals surface area contributed by atoms with E-state index < -0.39 is 42.7 Å². The predicted octanol–water partition coefficient (Wildman–Crippen LogP) is -1.03. The third-order valence-electron chi connectivity index (χ3n) is 2.15. The number of rotatable bonds is 5. The number of hydrogen-bond donors (Lipinski definition) is 5. The maximum absolute atomic E-state index is 11.5. The van der Waals surface area contributed by atoms with E-state index in [1.165, 1.54) is 6.92 Å². The predicted molar refractivity (Wildman–Crippen MR) is 63.9 cm³/mol. The molecular weight excluding hydrogens is 242 g/mol. The number of amides is 1. The quantitative estimate of drug-likeness (QED) is 0.434. The van der Waals surface area contributed by atoms with E-state index >= 15 is 0 Å². The molecule has 5 N–H and O–H groups in total. The van der Waals surface area contributed by atoms with Crippen LogP contribution in [0.2, 0.25) is 0 Å². The summed E-state index contributed by atoms with van der Waals surface area (Å²) in [6.07, 6.45) is -4.84. The summed E-state index contributed by atoms with van der Waals surface area (Å²) in [6.45, 7) is 5.63. The zero-order valence-corrected chi connectivity index (χ0v) is 11.1. The molecule has 108 valence electrons. The van der Waals surface area contributed by atoms with Gasteiger partial charge in [-0.1, -0.05) is 0 Å². The summed E-state index contributed by atoms with van der Waals surface area (Å²) in [5, 5.41) is 39.5. The van der Waals surface area contributed by atoms with E-state index in [-0.39, 0.29) is 0 Å². The molecule has 0 heterocycles. The Kier molecular flexibility index (Phi) is 6.55. The molecule has 0 aliphatic rings. The van der Waals surface area contributed by atoms with Gasteiger partial charge in [0.2, 0.25) is 0 Å². The zero-order valence-electron chi connectivity index (χ0n) is 11.1. The number of carbonyl (C=O) groups excluding carboxylic acids is 1. The molecule has 0 unspecified atom stereocenters. The van der Waals surface area contributed by atoms with Gasteiger partial charge in [0.1, 0.15) is 11.7 Å². The normalized spacial score (nSPS) is 18.7. The highest BCUT2D eigenvalue weighted by atomic mass is 16.6. The second-order valence-corrected chi connectivity index (χ2v) is 5.15. The molecule has 0 bridgehead atoms. The Labute approximate surface area is 106 Å². The van der Waals surface area contributed by atoms with Crippen LogP contribution >= 0.6 is 0 Å². The summed E-state index contributed by atoms with van der Waals surface area (Å²) in [7, 11) is 0. The Hall–Kier alpha value is -0.890. The Balaban J connectivity index is 4.65. The van der Waals surface area contributed by atoms with Crippen LogP contribution in [0.4, 0.5) is 4.79 Å². The second-order valence-electron chi connectivity index (χ2n) is 5.15. The molecule has 0 spiro atoms. The van der Waals surface area contributed by atoms with Gasteiger partial charge < -0.3 is 30.5 Å². The lowest BCUT2D eigenvalue weighted by atomic mass is 10.0. The lowest BCUT2D eigenvalue weighted by molar-refractivity contribution is -0.0464. The fourth-order valence-corrected chi connectivity index (χ4v) is 1.27. The molecule has 0 radical (unpaired) electrons. The molecule has 18 heavy (non-hydrogen) atoms. The maximum Gasteiger partial charge on any atom is 0.408 e. The molecule has 0 rings (SSSR count). The lowest BCUT2D eigenvalue weighted by Gasteiger charge is -2.30. The molecule has 0 aliphatic heterocycles. The van der Waals surface area contributed by atoms with E-state index in [4.69, 9.17) is 9.84 Å². The number of hydrogen-bond acceptors (Lipinski definition) is 6. The Morgan fingerprint density at radius 2 is 1.78 bits per heavy atom. The molecule has 0 fully saturated rings. The van der Waals surface area contributed by atoms with Crippen LogP contribution < -0.4 is 5.32 Å². The number of nitrogens with one attached hydrogen (secondary N) is 1. The minimum atomic E-state index is -1.42. The van der Waals surface area contributed by atoms with Gasteiger partial charge in [0, 0.05) is 0 Å². The van der Waals surface area contributed by atoms with Crippen molar-refractivity contribution in [3.05, 3.63) is 0 Å². The third-order valence-corrected chi connectivity index (χ3v) is 2.15.